The molecule has 0 bridgehead atoms. The quantitative estimate of drug-likeness (QED) is 0.217. The first-order valence-electron chi connectivity index (χ1n) is 13.6. The first-order chi connectivity index (χ1) is 19.3. The Morgan fingerprint density at radius 2 is 0.821 bits per heavy atom. The van der Waals surface area contributed by atoms with Crippen molar-refractivity contribution in [1.29, 1.82) is 0 Å². The lowest BCUT2D eigenvalue weighted by molar-refractivity contribution is 0.715. The molecule has 0 saturated carbocycles. The van der Waals surface area contributed by atoms with Crippen molar-refractivity contribution in [2.75, 3.05) is 9.80 Å². The average molecular weight is 505 g/mol. The molecular formula is C37H32N2. The predicted octanol–water partition coefficient (Wildman–Crippen LogP) is 10.3. The van der Waals surface area contributed by atoms with E-state index in [1.54, 1.807) is 0 Å². The zero-order valence-electron chi connectivity index (χ0n) is 22.2. The second-order valence-electron chi connectivity index (χ2n) is 9.95. The number of rotatable bonds is 7. The minimum Gasteiger partial charge on any atom is -0.314 e. The molecule has 0 heterocycles. The van der Waals surface area contributed by atoms with E-state index in [4.69, 9.17) is 0 Å². The molecular weight excluding hydrogens is 472 g/mol. The Morgan fingerprint density at radius 1 is 0.436 bits per heavy atom. The van der Waals surface area contributed by atoms with Crippen molar-refractivity contribution < 1.29 is 0 Å². The number of hydrogen-bond donors (Lipinski definition) is 0. The van der Waals surface area contributed by atoms with E-state index in [9.17, 15) is 0 Å². The fraction of sp³-hybridized carbons (Fsp3) is 0.0811. The van der Waals surface area contributed by atoms with Crippen LogP contribution in [0, 0.1) is 5.92 Å². The van der Waals surface area contributed by atoms with Gasteiger partial charge in [-0.25, -0.2) is 0 Å². The largest absolute Gasteiger partial charge is 0.314 e. The summed E-state index contributed by atoms with van der Waals surface area (Å²) in [6, 6.07) is 51.4. The molecule has 0 saturated heterocycles. The van der Waals surface area contributed by atoms with Crippen LogP contribution in [0.4, 0.5) is 28.4 Å². The van der Waals surface area contributed by atoms with E-state index in [0.29, 0.717) is 5.92 Å². The Kier molecular flexibility index (Phi) is 7.09. The molecule has 190 valence electrons. The van der Waals surface area contributed by atoms with Crippen LogP contribution < -0.4 is 9.80 Å². The van der Waals surface area contributed by atoms with Crippen LogP contribution in [0.25, 0.3) is 5.57 Å². The number of para-hydroxylation sites is 4. The lowest BCUT2D eigenvalue weighted by Crippen LogP contribution is -2.20. The van der Waals surface area contributed by atoms with Crippen LogP contribution in [0.3, 0.4) is 0 Å². The minimum atomic E-state index is 0.394. The van der Waals surface area contributed by atoms with Gasteiger partial charge in [0.1, 0.15) is 0 Å². The third kappa shape index (κ3) is 5.28. The van der Waals surface area contributed by atoms with Gasteiger partial charge in [0.2, 0.25) is 0 Å². The van der Waals surface area contributed by atoms with Gasteiger partial charge in [0.25, 0.3) is 0 Å². The molecule has 1 aliphatic carbocycles. The van der Waals surface area contributed by atoms with Crippen LogP contribution in [-0.2, 0) is 0 Å². The molecule has 1 aliphatic rings. The van der Waals surface area contributed by atoms with Gasteiger partial charge in [-0.15, -0.1) is 0 Å². The van der Waals surface area contributed by atoms with Gasteiger partial charge in [-0.2, -0.15) is 0 Å². The molecule has 0 fully saturated rings. The maximum absolute atomic E-state index is 2.38. The summed E-state index contributed by atoms with van der Waals surface area (Å²) >= 11 is 0. The van der Waals surface area contributed by atoms with Crippen LogP contribution in [0.2, 0.25) is 0 Å². The molecule has 0 radical (unpaired) electrons. The monoisotopic (exact) mass is 504 g/mol. The highest BCUT2D eigenvalue weighted by molar-refractivity contribution is 5.79. The lowest BCUT2D eigenvalue weighted by Gasteiger charge is -2.32. The molecule has 2 heteroatoms. The fourth-order valence-corrected chi connectivity index (χ4v) is 5.43. The van der Waals surface area contributed by atoms with Crippen LogP contribution in [0.15, 0.2) is 163 Å². The Hall–Kier alpha value is -4.82. The van der Waals surface area contributed by atoms with E-state index >= 15 is 0 Å². The third-order valence-corrected chi connectivity index (χ3v) is 7.31. The number of benzene rings is 5. The summed E-state index contributed by atoms with van der Waals surface area (Å²) in [6.45, 7) is 2.33. The lowest BCUT2D eigenvalue weighted by atomic mass is 9.86. The topological polar surface area (TPSA) is 6.48 Å². The maximum atomic E-state index is 2.38. The van der Waals surface area contributed by atoms with Gasteiger partial charge in [0.15, 0.2) is 0 Å². The summed E-state index contributed by atoms with van der Waals surface area (Å²) in [4.78, 5) is 4.68. The highest BCUT2D eigenvalue weighted by atomic mass is 15.2. The van der Waals surface area contributed by atoms with E-state index in [-0.39, 0.29) is 0 Å². The Bertz CT molecular complexity index is 1480. The van der Waals surface area contributed by atoms with Gasteiger partial charge >= 0.3 is 0 Å². The molecule has 2 nitrogen and oxygen atoms in total. The molecule has 39 heavy (non-hydrogen) atoms. The van der Waals surface area contributed by atoms with Crippen LogP contribution in [0.1, 0.15) is 18.9 Å². The summed E-state index contributed by atoms with van der Waals surface area (Å²) in [5.74, 6) is 0.394. The Morgan fingerprint density at radius 3 is 1.23 bits per heavy atom. The highest BCUT2D eigenvalue weighted by Gasteiger charge is 2.22. The normalized spacial score (nSPS) is 14.7. The predicted molar refractivity (Wildman–Crippen MR) is 166 cm³/mol. The van der Waals surface area contributed by atoms with Gasteiger partial charge in [0.05, 0.1) is 0 Å². The Labute approximate surface area is 231 Å². The van der Waals surface area contributed by atoms with Crippen molar-refractivity contribution in [1.82, 2.24) is 0 Å². The number of allylic oxidation sites excluding steroid dienone is 4. The summed E-state index contributed by atoms with van der Waals surface area (Å²) in [5.41, 5.74) is 9.77. The average Bonchev–Trinajstić information content (AvgIpc) is 3.00. The standard InChI is InChI=1S/C37H32N2/c1-29-28-36(39(33-18-10-4-11-19-33)34-20-12-5-13-21-34)26-27-37(29)30-22-24-35(25-23-30)38(31-14-6-2-7-15-31)32-16-8-3-9-17-32/h2-27,29H,28H2,1H3. The number of hydrogen-bond acceptors (Lipinski definition) is 2. The summed E-state index contributed by atoms with van der Waals surface area (Å²) in [6.07, 6.45) is 5.57. The zero-order chi connectivity index (χ0) is 26.4. The van der Waals surface area contributed by atoms with Crippen molar-refractivity contribution in [2.45, 2.75) is 13.3 Å². The van der Waals surface area contributed by atoms with E-state index in [1.165, 1.54) is 28.2 Å². The van der Waals surface area contributed by atoms with Crippen LogP contribution in [-0.4, -0.2) is 0 Å². The summed E-state index contributed by atoms with van der Waals surface area (Å²) < 4.78 is 0. The van der Waals surface area contributed by atoms with Gasteiger partial charge in [0, 0.05) is 34.1 Å². The van der Waals surface area contributed by atoms with Crippen LogP contribution in [0.5, 0.6) is 0 Å². The first kappa shape index (κ1) is 24.5. The molecule has 1 unspecified atom stereocenters. The highest BCUT2D eigenvalue weighted by Crippen LogP contribution is 2.40. The molecule has 5 aromatic carbocycles. The fourth-order valence-electron chi connectivity index (χ4n) is 5.43. The van der Waals surface area contributed by atoms with Crippen molar-refractivity contribution in [3.63, 3.8) is 0 Å². The van der Waals surface area contributed by atoms with Gasteiger partial charge in [-0.3, -0.25) is 0 Å². The molecule has 0 aliphatic heterocycles. The van der Waals surface area contributed by atoms with Crippen molar-refractivity contribution in [3.8, 4) is 0 Å². The molecule has 0 amide bonds. The number of anilines is 5. The van der Waals surface area contributed by atoms with Crippen molar-refractivity contribution in [2.24, 2.45) is 5.92 Å². The van der Waals surface area contributed by atoms with Crippen molar-refractivity contribution in [3.05, 3.63) is 169 Å². The van der Waals surface area contributed by atoms with E-state index in [2.05, 4.69) is 174 Å². The van der Waals surface area contributed by atoms with E-state index in [0.717, 1.165) is 23.5 Å². The maximum Gasteiger partial charge on any atom is 0.0462 e. The SMILES string of the molecule is CC1CC(N(c2ccccc2)c2ccccc2)=CC=C1c1ccc(N(c2ccccc2)c2ccccc2)cc1. The smallest absolute Gasteiger partial charge is 0.0462 e. The second kappa shape index (κ2) is 11.3. The van der Waals surface area contributed by atoms with Gasteiger partial charge in [-0.1, -0.05) is 97.9 Å². The molecule has 0 N–H and O–H groups in total. The summed E-state index contributed by atoms with van der Waals surface area (Å²) in [7, 11) is 0. The Balaban J connectivity index is 1.33. The molecule has 0 spiro atoms. The van der Waals surface area contributed by atoms with Crippen LogP contribution >= 0.6 is 0 Å². The first-order valence-corrected chi connectivity index (χ1v) is 13.6. The number of nitrogens with zero attached hydrogens (tertiary/aromatic N) is 2. The zero-order valence-corrected chi connectivity index (χ0v) is 22.2. The molecule has 5 aromatic rings. The molecule has 0 aromatic heterocycles. The molecule has 1 atom stereocenters. The van der Waals surface area contributed by atoms with Gasteiger partial charge < -0.3 is 9.80 Å². The third-order valence-electron chi connectivity index (χ3n) is 7.31. The van der Waals surface area contributed by atoms with Crippen molar-refractivity contribution >= 4 is 34.0 Å². The second-order valence-corrected chi connectivity index (χ2v) is 9.95. The van der Waals surface area contributed by atoms with E-state index < -0.39 is 0 Å². The van der Waals surface area contributed by atoms with E-state index in [1.807, 2.05) is 0 Å². The molecule has 6 rings (SSSR count). The van der Waals surface area contributed by atoms with Gasteiger partial charge in [-0.05, 0) is 90.2 Å². The summed E-state index contributed by atoms with van der Waals surface area (Å²) in [5, 5.41) is 0. The minimum absolute atomic E-state index is 0.394.